The van der Waals surface area contributed by atoms with Crippen LogP contribution in [0.15, 0.2) is 36.1 Å². The van der Waals surface area contributed by atoms with Gasteiger partial charge in [0.15, 0.2) is 5.13 Å². The summed E-state index contributed by atoms with van der Waals surface area (Å²) in [7, 11) is 1.86. The molecule has 3 aromatic heterocycles. The SMILES string of the molecule is Cn1cc(-c2ncccc2CNC(=O)Nc2nc(C3CC3)cs2)cn1. The number of nitrogens with zero attached hydrogens (tertiary/aromatic N) is 4. The molecule has 2 amide bonds. The molecule has 3 heterocycles. The van der Waals surface area contributed by atoms with Crippen molar-refractivity contribution in [2.45, 2.75) is 25.3 Å². The highest BCUT2D eigenvalue weighted by Gasteiger charge is 2.26. The average Bonchev–Trinajstić information content (AvgIpc) is 3.21. The Morgan fingerprint density at radius 3 is 3.08 bits per heavy atom. The van der Waals surface area contributed by atoms with Crippen LogP contribution in [-0.4, -0.2) is 25.8 Å². The van der Waals surface area contributed by atoms with Crippen LogP contribution in [0.3, 0.4) is 0 Å². The first-order chi connectivity index (χ1) is 12.2. The molecule has 0 aliphatic heterocycles. The zero-order chi connectivity index (χ0) is 17.2. The molecule has 0 radical (unpaired) electrons. The maximum absolute atomic E-state index is 12.1. The molecule has 2 N–H and O–H groups in total. The number of aryl methyl sites for hydroxylation is 1. The third kappa shape index (κ3) is 3.69. The summed E-state index contributed by atoms with van der Waals surface area (Å²) in [5, 5.41) is 12.5. The monoisotopic (exact) mass is 354 g/mol. The number of aromatic nitrogens is 4. The lowest BCUT2D eigenvalue weighted by atomic mass is 10.1. The van der Waals surface area contributed by atoms with E-state index in [1.807, 2.05) is 30.8 Å². The van der Waals surface area contributed by atoms with E-state index in [0.717, 1.165) is 22.5 Å². The first-order valence-corrected chi connectivity index (χ1v) is 9.00. The number of hydrogen-bond acceptors (Lipinski definition) is 5. The van der Waals surface area contributed by atoms with Gasteiger partial charge in [-0.3, -0.25) is 15.0 Å². The Morgan fingerprint density at radius 1 is 1.44 bits per heavy atom. The van der Waals surface area contributed by atoms with E-state index in [2.05, 4.69) is 25.7 Å². The van der Waals surface area contributed by atoms with Crippen LogP contribution in [0.5, 0.6) is 0 Å². The van der Waals surface area contributed by atoms with Crippen molar-refractivity contribution in [3.63, 3.8) is 0 Å². The number of carbonyl (C=O) groups excluding carboxylic acids is 1. The fourth-order valence-corrected chi connectivity index (χ4v) is 3.40. The second-order valence-electron chi connectivity index (χ2n) is 6.07. The first kappa shape index (κ1) is 15.8. The van der Waals surface area contributed by atoms with Crippen molar-refractivity contribution in [1.82, 2.24) is 25.1 Å². The van der Waals surface area contributed by atoms with Gasteiger partial charge in [-0.1, -0.05) is 6.07 Å². The number of nitrogens with one attached hydrogen (secondary N) is 2. The van der Waals surface area contributed by atoms with Crippen molar-refractivity contribution in [3.05, 3.63) is 47.4 Å². The number of anilines is 1. The van der Waals surface area contributed by atoms with E-state index >= 15 is 0 Å². The minimum atomic E-state index is -0.266. The highest BCUT2D eigenvalue weighted by Crippen LogP contribution is 2.40. The second kappa shape index (κ2) is 6.64. The number of pyridine rings is 1. The van der Waals surface area contributed by atoms with Crippen LogP contribution >= 0.6 is 11.3 Å². The zero-order valence-corrected chi connectivity index (χ0v) is 14.6. The van der Waals surface area contributed by atoms with E-state index in [4.69, 9.17) is 0 Å². The first-order valence-electron chi connectivity index (χ1n) is 8.12. The lowest BCUT2D eigenvalue weighted by Crippen LogP contribution is -2.28. The van der Waals surface area contributed by atoms with Gasteiger partial charge in [0.1, 0.15) is 0 Å². The predicted octanol–water partition coefficient (Wildman–Crippen LogP) is 3.14. The van der Waals surface area contributed by atoms with Crippen molar-refractivity contribution in [3.8, 4) is 11.3 Å². The summed E-state index contributed by atoms with van der Waals surface area (Å²) in [6.45, 7) is 0.380. The Morgan fingerprint density at radius 2 is 2.32 bits per heavy atom. The Balaban J connectivity index is 1.39. The van der Waals surface area contributed by atoms with Crippen molar-refractivity contribution in [1.29, 1.82) is 0 Å². The van der Waals surface area contributed by atoms with Crippen molar-refractivity contribution in [2.24, 2.45) is 7.05 Å². The van der Waals surface area contributed by atoms with Crippen LogP contribution < -0.4 is 10.6 Å². The van der Waals surface area contributed by atoms with Gasteiger partial charge in [0.05, 0.1) is 17.6 Å². The van der Waals surface area contributed by atoms with E-state index in [1.165, 1.54) is 24.2 Å². The average molecular weight is 354 g/mol. The zero-order valence-electron chi connectivity index (χ0n) is 13.8. The second-order valence-corrected chi connectivity index (χ2v) is 6.93. The summed E-state index contributed by atoms with van der Waals surface area (Å²) < 4.78 is 1.73. The van der Waals surface area contributed by atoms with Gasteiger partial charge in [-0.25, -0.2) is 9.78 Å². The lowest BCUT2D eigenvalue weighted by molar-refractivity contribution is 0.251. The summed E-state index contributed by atoms with van der Waals surface area (Å²) in [5.41, 5.74) is 3.77. The molecule has 0 atom stereocenters. The van der Waals surface area contributed by atoms with E-state index < -0.39 is 0 Å². The highest BCUT2D eigenvalue weighted by atomic mass is 32.1. The van der Waals surface area contributed by atoms with Gasteiger partial charge in [0.2, 0.25) is 0 Å². The van der Waals surface area contributed by atoms with Gasteiger partial charge in [0.25, 0.3) is 0 Å². The summed E-state index contributed by atoms with van der Waals surface area (Å²) in [5.74, 6) is 0.590. The van der Waals surface area contributed by atoms with Crippen LogP contribution in [0.25, 0.3) is 11.3 Å². The molecular weight excluding hydrogens is 336 g/mol. The molecule has 1 fully saturated rings. The van der Waals surface area contributed by atoms with Crippen LogP contribution in [0.4, 0.5) is 9.93 Å². The summed E-state index contributed by atoms with van der Waals surface area (Å²) in [6, 6.07) is 3.54. The molecule has 1 aliphatic rings. The van der Waals surface area contributed by atoms with Gasteiger partial charge >= 0.3 is 6.03 Å². The Kier molecular flexibility index (Phi) is 4.19. The Labute approximate surface area is 149 Å². The quantitative estimate of drug-likeness (QED) is 0.737. The number of thiazole rings is 1. The minimum absolute atomic E-state index is 0.266. The molecule has 7 nitrogen and oxygen atoms in total. The largest absolute Gasteiger partial charge is 0.334 e. The number of amides is 2. The van der Waals surface area contributed by atoms with Crippen molar-refractivity contribution in [2.75, 3.05) is 5.32 Å². The highest BCUT2D eigenvalue weighted by molar-refractivity contribution is 7.13. The molecule has 8 heteroatoms. The third-order valence-electron chi connectivity index (χ3n) is 4.05. The van der Waals surface area contributed by atoms with E-state index in [1.54, 1.807) is 17.1 Å². The van der Waals surface area contributed by atoms with Gasteiger partial charge in [-0.2, -0.15) is 5.10 Å². The molecule has 0 saturated heterocycles. The van der Waals surface area contributed by atoms with E-state index in [-0.39, 0.29) is 6.03 Å². The van der Waals surface area contributed by atoms with Crippen molar-refractivity contribution >= 4 is 22.5 Å². The van der Waals surface area contributed by atoms with Gasteiger partial charge < -0.3 is 5.32 Å². The van der Waals surface area contributed by atoms with E-state index in [0.29, 0.717) is 17.6 Å². The number of rotatable bonds is 5. The molecular formula is C17H18N6OS. The van der Waals surface area contributed by atoms with Crippen LogP contribution in [0, 0.1) is 0 Å². The smallest absolute Gasteiger partial charge is 0.321 e. The van der Waals surface area contributed by atoms with Gasteiger partial charge in [-0.05, 0) is 24.5 Å². The van der Waals surface area contributed by atoms with Gasteiger partial charge in [-0.15, -0.1) is 11.3 Å². The van der Waals surface area contributed by atoms with Crippen molar-refractivity contribution < 1.29 is 4.79 Å². The lowest BCUT2D eigenvalue weighted by Gasteiger charge is -2.08. The molecule has 0 aromatic carbocycles. The molecule has 1 saturated carbocycles. The maximum atomic E-state index is 12.1. The number of carbonyl (C=O) groups is 1. The topological polar surface area (TPSA) is 84.7 Å². The fraction of sp³-hybridized carbons (Fsp3) is 0.294. The molecule has 0 spiro atoms. The molecule has 0 bridgehead atoms. The molecule has 1 aliphatic carbocycles. The molecule has 4 rings (SSSR count). The normalized spacial score (nSPS) is 13.6. The van der Waals surface area contributed by atoms with E-state index in [9.17, 15) is 4.79 Å². The standard InChI is InChI=1S/C17H18N6OS/c1-23-9-13(8-20-23)15-12(3-2-6-18-15)7-19-16(24)22-17-21-14(10-25-17)11-4-5-11/h2-3,6,8-11H,4-5,7H2,1H3,(H2,19,21,22,24). The van der Waals surface area contributed by atoms with Crippen LogP contribution in [0.2, 0.25) is 0 Å². The fourth-order valence-electron chi connectivity index (χ4n) is 2.61. The summed E-state index contributed by atoms with van der Waals surface area (Å²) >= 11 is 1.46. The summed E-state index contributed by atoms with van der Waals surface area (Å²) in [4.78, 5) is 21.0. The Hall–Kier alpha value is -2.74. The van der Waals surface area contributed by atoms with Crippen LogP contribution in [-0.2, 0) is 13.6 Å². The third-order valence-corrected chi connectivity index (χ3v) is 4.82. The van der Waals surface area contributed by atoms with Gasteiger partial charge in [0, 0.05) is 42.8 Å². The molecule has 128 valence electrons. The predicted molar refractivity (Wildman–Crippen MR) is 96.4 cm³/mol. The molecule has 0 unspecified atom stereocenters. The summed E-state index contributed by atoms with van der Waals surface area (Å²) in [6.07, 6.45) is 7.81. The minimum Gasteiger partial charge on any atom is -0.334 e. The molecule has 25 heavy (non-hydrogen) atoms. The number of urea groups is 1. The molecule has 3 aromatic rings. The number of hydrogen-bond donors (Lipinski definition) is 2. The Bertz CT molecular complexity index is 898. The van der Waals surface area contributed by atoms with Crippen LogP contribution in [0.1, 0.15) is 30.0 Å². The maximum Gasteiger partial charge on any atom is 0.321 e.